The molecule has 0 aromatic carbocycles. The molecule has 1 heterocycles. The smallest absolute Gasteiger partial charge is 0.326 e. The summed E-state index contributed by atoms with van der Waals surface area (Å²) in [6, 6.07) is 0. The minimum absolute atomic E-state index is 0.115. The minimum Gasteiger partial charge on any atom is -0.475 e. The van der Waals surface area contributed by atoms with E-state index in [1.54, 1.807) is 13.8 Å². The van der Waals surface area contributed by atoms with Crippen LogP contribution in [0, 0.1) is 0 Å². The van der Waals surface area contributed by atoms with Crippen molar-refractivity contribution in [3.8, 4) is 0 Å². The second kappa shape index (κ2) is 3.73. The van der Waals surface area contributed by atoms with Gasteiger partial charge in [-0.2, -0.15) is 8.42 Å². The maximum atomic E-state index is 11.0. The molecule has 1 rings (SSSR count). The fraction of sp³-hybridized carbons (Fsp3) is 0.667. The van der Waals surface area contributed by atoms with Gasteiger partial charge in [-0.3, -0.25) is 0 Å². The van der Waals surface area contributed by atoms with E-state index < -0.39 is 10.2 Å². The van der Waals surface area contributed by atoms with Gasteiger partial charge in [0.25, 0.3) is 11.8 Å². The molecular formula is C6H12N2O4S. The van der Waals surface area contributed by atoms with Gasteiger partial charge in [-0.15, -0.1) is 0 Å². The predicted octanol–water partition coefficient (Wildman–Crippen LogP) is -0.376. The number of hydrogen-bond donors (Lipinski definition) is 2. The molecule has 2 N–H and O–H groups in total. The summed E-state index contributed by atoms with van der Waals surface area (Å²) in [4.78, 5) is 0. The van der Waals surface area contributed by atoms with Crippen LogP contribution in [0.2, 0.25) is 0 Å². The van der Waals surface area contributed by atoms with Crippen molar-refractivity contribution in [3.63, 3.8) is 0 Å². The molecule has 0 aromatic heterocycles. The first kappa shape index (κ1) is 9.97. The summed E-state index contributed by atoms with van der Waals surface area (Å²) in [5, 5.41) is 0. The van der Waals surface area contributed by atoms with Crippen molar-refractivity contribution in [2.75, 3.05) is 13.2 Å². The Balaban J connectivity index is 2.76. The lowest BCUT2D eigenvalue weighted by Gasteiger charge is -2.04. The lowest BCUT2D eigenvalue weighted by atomic mass is 10.7. The van der Waals surface area contributed by atoms with E-state index in [1.165, 1.54) is 0 Å². The molecule has 0 unspecified atom stereocenters. The van der Waals surface area contributed by atoms with Gasteiger partial charge in [0.1, 0.15) is 0 Å². The van der Waals surface area contributed by atoms with Gasteiger partial charge in [-0.1, -0.05) is 0 Å². The Morgan fingerprint density at radius 2 is 1.46 bits per heavy atom. The normalized spacial score (nSPS) is 19.2. The largest absolute Gasteiger partial charge is 0.475 e. The summed E-state index contributed by atoms with van der Waals surface area (Å²) in [6.45, 7) is 4.25. The third kappa shape index (κ3) is 2.41. The van der Waals surface area contributed by atoms with Gasteiger partial charge in [0.2, 0.25) is 0 Å². The fourth-order valence-corrected chi connectivity index (χ4v) is 1.68. The van der Waals surface area contributed by atoms with E-state index in [4.69, 9.17) is 9.47 Å². The molecule has 0 fully saturated rings. The highest BCUT2D eigenvalue weighted by molar-refractivity contribution is 7.88. The molecule has 0 saturated heterocycles. The molecule has 0 radical (unpaired) electrons. The molecule has 0 saturated carbocycles. The molecule has 0 atom stereocenters. The van der Waals surface area contributed by atoms with Crippen LogP contribution in [0.25, 0.3) is 0 Å². The van der Waals surface area contributed by atoms with Crippen LogP contribution >= 0.6 is 0 Å². The molecule has 0 bridgehead atoms. The highest BCUT2D eigenvalue weighted by atomic mass is 32.2. The predicted molar refractivity (Wildman–Crippen MR) is 45.5 cm³/mol. The monoisotopic (exact) mass is 208 g/mol. The van der Waals surface area contributed by atoms with Crippen LogP contribution in [0.5, 0.6) is 0 Å². The summed E-state index contributed by atoms with van der Waals surface area (Å²) >= 11 is 0. The van der Waals surface area contributed by atoms with Gasteiger partial charge >= 0.3 is 10.2 Å². The van der Waals surface area contributed by atoms with Crippen molar-refractivity contribution in [3.05, 3.63) is 11.8 Å². The third-order valence-electron chi connectivity index (χ3n) is 1.24. The van der Waals surface area contributed by atoms with Gasteiger partial charge in [-0.25, -0.2) is 9.44 Å². The van der Waals surface area contributed by atoms with Crippen LogP contribution in [0.1, 0.15) is 13.8 Å². The van der Waals surface area contributed by atoms with Crippen molar-refractivity contribution in [1.82, 2.24) is 9.44 Å². The van der Waals surface area contributed by atoms with Crippen LogP contribution in [0.15, 0.2) is 11.8 Å². The minimum atomic E-state index is -3.51. The van der Waals surface area contributed by atoms with E-state index in [1.807, 2.05) is 0 Å². The maximum absolute atomic E-state index is 11.0. The van der Waals surface area contributed by atoms with Crippen molar-refractivity contribution in [2.24, 2.45) is 0 Å². The number of rotatable bonds is 4. The Kier molecular flexibility index (Phi) is 2.86. The van der Waals surface area contributed by atoms with Gasteiger partial charge < -0.3 is 9.47 Å². The summed E-state index contributed by atoms with van der Waals surface area (Å²) in [6.07, 6.45) is 0. The molecule has 1 aliphatic rings. The summed E-state index contributed by atoms with van der Waals surface area (Å²) in [5.41, 5.74) is 0. The first-order chi connectivity index (χ1) is 6.09. The number of hydrogen-bond acceptors (Lipinski definition) is 4. The van der Waals surface area contributed by atoms with E-state index >= 15 is 0 Å². The van der Waals surface area contributed by atoms with Gasteiger partial charge in [0, 0.05) is 0 Å². The molecule has 0 spiro atoms. The highest BCUT2D eigenvalue weighted by Crippen LogP contribution is 2.11. The van der Waals surface area contributed by atoms with E-state index in [-0.39, 0.29) is 11.8 Å². The van der Waals surface area contributed by atoms with Gasteiger partial charge in [0.05, 0.1) is 13.2 Å². The molecule has 7 heteroatoms. The SMILES string of the molecule is CCOC1=C(OCC)NS(=O)(=O)N1. The Bertz CT molecular complexity index is 285. The zero-order valence-electron chi connectivity index (χ0n) is 7.46. The summed E-state index contributed by atoms with van der Waals surface area (Å²) < 4.78 is 36.3. The second-order valence-corrected chi connectivity index (χ2v) is 3.65. The first-order valence-electron chi connectivity index (χ1n) is 3.89. The van der Waals surface area contributed by atoms with Crippen LogP contribution in [-0.4, -0.2) is 21.6 Å². The maximum Gasteiger partial charge on any atom is 0.326 e. The van der Waals surface area contributed by atoms with E-state index in [0.717, 1.165) is 0 Å². The lowest BCUT2D eigenvalue weighted by molar-refractivity contribution is 0.159. The number of ether oxygens (including phenoxy) is 2. The molecule has 13 heavy (non-hydrogen) atoms. The Morgan fingerprint density at radius 3 is 1.77 bits per heavy atom. The molecule has 0 aromatic rings. The van der Waals surface area contributed by atoms with Crippen molar-refractivity contribution < 1.29 is 17.9 Å². The average molecular weight is 208 g/mol. The van der Waals surface area contributed by atoms with Crippen molar-refractivity contribution >= 4 is 10.2 Å². The quantitative estimate of drug-likeness (QED) is 0.660. The van der Waals surface area contributed by atoms with Crippen LogP contribution < -0.4 is 9.44 Å². The Labute approximate surface area is 77.1 Å². The molecule has 0 amide bonds. The van der Waals surface area contributed by atoms with Crippen molar-refractivity contribution in [1.29, 1.82) is 0 Å². The Hall–Kier alpha value is -1.11. The zero-order chi connectivity index (χ0) is 9.90. The van der Waals surface area contributed by atoms with Gasteiger partial charge in [0.15, 0.2) is 0 Å². The number of nitrogens with one attached hydrogen (secondary N) is 2. The molecular weight excluding hydrogens is 196 g/mol. The summed E-state index contributed by atoms with van der Waals surface area (Å²) in [5.74, 6) is 0.230. The van der Waals surface area contributed by atoms with E-state index in [2.05, 4.69) is 9.44 Å². The fourth-order valence-electron chi connectivity index (χ4n) is 0.841. The van der Waals surface area contributed by atoms with E-state index in [0.29, 0.717) is 13.2 Å². The van der Waals surface area contributed by atoms with Crippen LogP contribution in [0.4, 0.5) is 0 Å². The molecule has 76 valence electrons. The highest BCUT2D eigenvalue weighted by Gasteiger charge is 2.27. The molecule has 0 aliphatic carbocycles. The summed E-state index contributed by atoms with van der Waals surface area (Å²) in [7, 11) is -3.51. The molecule has 1 aliphatic heterocycles. The zero-order valence-corrected chi connectivity index (χ0v) is 8.27. The van der Waals surface area contributed by atoms with Crippen molar-refractivity contribution in [2.45, 2.75) is 13.8 Å². The topological polar surface area (TPSA) is 76.7 Å². The van der Waals surface area contributed by atoms with Gasteiger partial charge in [-0.05, 0) is 13.8 Å². The third-order valence-corrected chi connectivity index (χ3v) is 2.15. The second-order valence-electron chi connectivity index (χ2n) is 2.23. The Morgan fingerprint density at radius 1 is 1.08 bits per heavy atom. The lowest BCUT2D eigenvalue weighted by Crippen LogP contribution is -2.26. The van der Waals surface area contributed by atoms with Crippen LogP contribution in [-0.2, 0) is 19.7 Å². The van der Waals surface area contributed by atoms with E-state index in [9.17, 15) is 8.42 Å². The first-order valence-corrected chi connectivity index (χ1v) is 5.37. The van der Waals surface area contributed by atoms with Crippen LogP contribution in [0.3, 0.4) is 0 Å². The molecule has 6 nitrogen and oxygen atoms in total. The standard InChI is InChI=1S/C6H12N2O4S/c1-3-11-5-6(12-4-2)8-13(9,10)7-5/h7-8H,3-4H2,1-2H3. The average Bonchev–Trinajstić information content (AvgIpc) is 2.28.